The lowest BCUT2D eigenvalue weighted by molar-refractivity contribution is -0.130. The molecule has 3 N–H and O–H groups in total. The van der Waals surface area contributed by atoms with E-state index in [1.807, 2.05) is 6.07 Å². The topological polar surface area (TPSA) is 107 Å². The maximum Gasteiger partial charge on any atom is 0.346 e. The number of nitrogens with two attached hydrogens (primary N) is 1. The normalized spacial score (nSPS) is 15.0. The van der Waals surface area contributed by atoms with Crippen LogP contribution in [0.25, 0.3) is 0 Å². The molecule has 7 nitrogen and oxygen atoms in total. The van der Waals surface area contributed by atoms with E-state index in [4.69, 9.17) is 15.0 Å². The van der Waals surface area contributed by atoms with Gasteiger partial charge in [-0.25, -0.2) is 4.79 Å². The van der Waals surface area contributed by atoms with Crippen LogP contribution in [0.2, 0.25) is 0 Å². The molecular weight excluding hydrogens is 298 g/mol. The van der Waals surface area contributed by atoms with Gasteiger partial charge in [-0.1, -0.05) is 35.5 Å². The molecule has 23 heavy (non-hydrogen) atoms. The van der Waals surface area contributed by atoms with Gasteiger partial charge in [0.05, 0.1) is 5.69 Å². The number of amides is 1. The fraction of sp³-hybridized carbons (Fsp3) is 0.312. The number of nitrogens with one attached hydrogen (secondary N) is 1. The molecule has 2 aromatic rings. The number of carbonyl (C=O) groups excluding carboxylic acids is 2. The van der Waals surface area contributed by atoms with Crippen molar-refractivity contribution < 1.29 is 18.8 Å². The molecule has 1 amide bonds. The van der Waals surface area contributed by atoms with E-state index in [2.05, 4.69) is 10.5 Å². The lowest BCUT2D eigenvalue weighted by Gasteiger charge is -2.17. The van der Waals surface area contributed by atoms with E-state index in [-0.39, 0.29) is 23.4 Å². The van der Waals surface area contributed by atoms with Crippen LogP contribution < -0.4 is 11.1 Å². The Labute approximate surface area is 132 Å². The molecule has 120 valence electrons. The minimum absolute atomic E-state index is 0.0464. The number of nitrogen functional groups attached to an aromatic ring is 1. The van der Waals surface area contributed by atoms with Crippen LogP contribution >= 0.6 is 0 Å². The summed E-state index contributed by atoms with van der Waals surface area (Å²) in [5.74, 6) is -1.21. The third kappa shape index (κ3) is 3.33. The Kier molecular flexibility index (Phi) is 4.01. The minimum Gasteiger partial charge on any atom is -0.443 e. The van der Waals surface area contributed by atoms with E-state index in [9.17, 15) is 9.59 Å². The Balaban J connectivity index is 1.83. The molecule has 1 atom stereocenters. The average Bonchev–Trinajstić information content (AvgIpc) is 3.29. The van der Waals surface area contributed by atoms with Crippen LogP contribution in [-0.4, -0.2) is 23.1 Å². The maximum absolute atomic E-state index is 12.4. The van der Waals surface area contributed by atoms with Crippen molar-refractivity contribution in [2.45, 2.75) is 31.9 Å². The zero-order valence-corrected chi connectivity index (χ0v) is 12.6. The molecule has 0 saturated heterocycles. The number of aryl methyl sites for hydroxylation is 1. The maximum atomic E-state index is 12.4. The van der Waals surface area contributed by atoms with E-state index in [1.165, 1.54) is 0 Å². The van der Waals surface area contributed by atoms with Gasteiger partial charge in [-0.2, -0.15) is 0 Å². The first-order valence-electron chi connectivity index (χ1n) is 7.34. The number of anilines is 1. The highest BCUT2D eigenvalue weighted by atomic mass is 16.6. The summed E-state index contributed by atoms with van der Waals surface area (Å²) in [6.07, 6.45) is 0.843. The van der Waals surface area contributed by atoms with Gasteiger partial charge in [0.25, 0.3) is 5.91 Å². The highest BCUT2D eigenvalue weighted by Crippen LogP contribution is 2.25. The van der Waals surface area contributed by atoms with Gasteiger partial charge in [0.1, 0.15) is 5.56 Å². The molecule has 1 aliphatic rings. The quantitative estimate of drug-likeness (QED) is 0.814. The van der Waals surface area contributed by atoms with E-state index >= 15 is 0 Å². The number of ether oxygens (including phenoxy) is 1. The molecule has 0 aliphatic heterocycles. The van der Waals surface area contributed by atoms with Crippen LogP contribution in [-0.2, 0) is 9.53 Å². The molecule has 0 radical (unpaired) electrons. The van der Waals surface area contributed by atoms with Crippen molar-refractivity contribution in [3.8, 4) is 0 Å². The number of hydrogen-bond donors (Lipinski definition) is 2. The summed E-state index contributed by atoms with van der Waals surface area (Å²) in [5, 5.41) is 6.46. The van der Waals surface area contributed by atoms with Crippen LogP contribution in [0.1, 0.15) is 40.6 Å². The predicted molar refractivity (Wildman–Crippen MR) is 81.4 cm³/mol. The first-order valence-corrected chi connectivity index (χ1v) is 7.34. The molecular formula is C16H17N3O4. The zero-order valence-electron chi connectivity index (χ0n) is 12.6. The van der Waals surface area contributed by atoms with Crippen LogP contribution in [0.4, 0.5) is 5.88 Å². The molecule has 1 unspecified atom stereocenters. The van der Waals surface area contributed by atoms with Gasteiger partial charge in [-0.05, 0) is 19.8 Å². The number of hydrogen-bond acceptors (Lipinski definition) is 6. The Morgan fingerprint density at radius 1 is 1.35 bits per heavy atom. The summed E-state index contributed by atoms with van der Waals surface area (Å²) in [6, 6.07) is 9.00. The molecule has 0 bridgehead atoms. The lowest BCUT2D eigenvalue weighted by atomic mass is 10.1. The first-order chi connectivity index (χ1) is 11.1. The SMILES string of the molecule is Cc1noc(N)c1C(=O)OC(C(=O)NC1CC1)c1ccccc1. The van der Waals surface area contributed by atoms with E-state index in [0.717, 1.165) is 12.8 Å². The summed E-state index contributed by atoms with van der Waals surface area (Å²) < 4.78 is 10.2. The number of esters is 1. The van der Waals surface area contributed by atoms with Gasteiger partial charge in [0, 0.05) is 11.6 Å². The molecule has 1 heterocycles. The Morgan fingerprint density at radius 2 is 2.04 bits per heavy atom. The number of benzene rings is 1. The highest BCUT2D eigenvalue weighted by Gasteiger charge is 2.32. The fourth-order valence-electron chi connectivity index (χ4n) is 2.21. The molecule has 3 rings (SSSR count). The third-order valence-electron chi connectivity index (χ3n) is 3.58. The van der Waals surface area contributed by atoms with Gasteiger partial charge in [-0.15, -0.1) is 0 Å². The van der Waals surface area contributed by atoms with Gasteiger partial charge in [0.2, 0.25) is 12.0 Å². The predicted octanol–water partition coefficient (Wildman–Crippen LogP) is 1.74. The number of rotatable bonds is 5. The summed E-state index contributed by atoms with van der Waals surface area (Å²) in [6.45, 7) is 1.58. The highest BCUT2D eigenvalue weighted by molar-refractivity contribution is 5.97. The molecule has 0 spiro atoms. The van der Waals surface area contributed by atoms with Crippen LogP contribution in [0.15, 0.2) is 34.9 Å². The first kappa shape index (κ1) is 15.1. The molecule has 1 aromatic carbocycles. The van der Waals surface area contributed by atoms with Crippen molar-refractivity contribution in [3.63, 3.8) is 0 Å². The zero-order chi connectivity index (χ0) is 16.4. The second-order valence-electron chi connectivity index (χ2n) is 5.49. The summed E-state index contributed by atoms with van der Waals surface area (Å²) in [4.78, 5) is 24.8. The van der Waals surface area contributed by atoms with Crippen LogP contribution in [0, 0.1) is 6.92 Å². The standard InChI is InChI=1S/C16H17N3O4/c1-9-12(14(17)23-19-9)16(21)22-13(10-5-3-2-4-6-10)15(20)18-11-7-8-11/h2-6,11,13H,7-8,17H2,1H3,(H,18,20). The van der Waals surface area contributed by atoms with Crippen LogP contribution in [0.5, 0.6) is 0 Å². The van der Waals surface area contributed by atoms with Crippen molar-refractivity contribution in [2.24, 2.45) is 0 Å². The van der Waals surface area contributed by atoms with Gasteiger partial charge < -0.3 is 20.3 Å². The van der Waals surface area contributed by atoms with Crippen molar-refractivity contribution in [1.29, 1.82) is 0 Å². The monoisotopic (exact) mass is 315 g/mol. The third-order valence-corrected chi connectivity index (χ3v) is 3.58. The van der Waals surface area contributed by atoms with Crippen LogP contribution in [0.3, 0.4) is 0 Å². The fourth-order valence-corrected chi connectivity index (χ4v) is 2.21. The molecule has 1 fully saturated rings. The van der Waals surface area contributed by atoms with Crippen molar-refractivity contribution in [1.82, 2.24) is 10.5 Å². The second kappa shape index (κ2) is 6.12. The average molecular weight is 315 g/mol. The molecule has 1 aliphatic carbocycles. The van der Waals surface area contributed by atoms with E-state index < -0.39 is 12.1 Å². The van der Waals surface area contributed by atoms with E-state index in [1.54, 1.807) is 31.2 Å². The van der Waals surface area contributed by atoms with Crippen molar-refractivity contribution >= 4 is 17.8 Å². The lowest BCUT2D eigenvalue weighted by Crippen LogP contribution is -2.33. The van der Waals surface area contributed by atoms with E-state index in [0.29, 0.717) is 11.3 Å². The molecule has 1 saturated carbocycles. The van der Waals surface area contributed by atoms with Gasteiger partial charge >= 0.3 is 5.97 Å². The Bertz CT molecular complexity index is 703. The summed E-state index contributed by atoms with van der Waals surface area (Å²) in [7, 11) is 0. The smallest absolute Gasteiger partial charge is 0.346 e. The Morgan fingerprint density at radius 3 is 2.61 bits per heavy atom. The number of carbonyl (C=O) groups is 2. The second-order valence-corrected chi connectivity index (χ2v) is 5.49. The number of nitrogens with zero attached hydrogens (tertiary/aromatic N) is 1. The minimum atomic E-state index is -1.04. The van der Waals surface area contributed by atoms with Gasteiger partial charge in [0.15, 0.2) is 0 Å². The van der Waals surface area contributed by atoms with Gasteiger partial charge in [-0.3, -0.25) is 4.79 Å². The Hall–Kier alpha value is -2.83. The summed E-state index contributed by atoms with van der Waals surface area (Å²) in [5.41, 5.74) is 6.55. The number of aromatic nitrogens is 1. The summed E-state index contributed by atoms with van der Waals surface area (Å²) >= 11 is 0. The largest absolute Gasteiger partial charge is 0.443 e. The molecule has 7 heteroatoms. The van der Waals surface area contributed by atoms with Crippen molar-refractivity contribution in [2.75, 3.05) is 5.73 Å². The van der Waals surface area contributed by atoms with Crippen molar-refractivity contribution in [3.05, 3.63) is 47.2 Å². The molecule has 1 aromatic heterocycles.